The van der Waals surface area contributed by atoms with Crippen molar-refractivity contribution in [2.75, 3.05) is 6.54 Å². The lowest BCUT2D eigenvalue weighted by atomic mass is 10.00. The van der Waals surface area contributed by atoms with Gasteiger partial charge in [-0.1, -0.05) is 6.42 Å². The first kappa shape index (κ1) is 13.5. The number of aromatic nitrogens is 2. The fourth-order valence-electron chi connectivity index (χ4n) is 2.55. The standard InChI is InChI=1S/C11H20N4O2S/c1-9-4-3-5-10(6-12)15(9)18(16,17)11-7-14(2)8-13-11/h7-10H,3-6,12H2,1-2H3. The third-order valence-electron chi connectivity index (χ3n) is 3.45. The minimum Gasteiger partial charge on any atom is -0.339 e. The Labute approximate surface area is 108 Å². The highest BCUT2D eigenvalue weighted by molar-refractivity contribution is 7.89. The van der Waals surface area contributed by atoms with Gasteiger partial charge in [-0.2, -0.15) is 4.31 Å². The number of imidazole rings is 1. The third-order valence-corrected chi connectivity index (χ3v) is 5.40. The van der Waals surface area contributed by atoms with Gasteiger partial charge in [0.1, 0.15) is 0 Å². The average molecular weight is 272 g/mol. The van der Waals surface area contributed by atoms with Gasteiger partial charge in [-0.3, -0.25) is 0 Å². The normalized spacial score (nSPS) is 26.4. The molecule has 0 aliphatic carbocycles. The number of piperidine rings is 1. The summed E-state index contributed by atoms with van der Waals surface area (Å²) in [6.45, 7) is 2.29. The molecule has 6 nitrogen and oxygen atoms in total. The van der Waals surface area contributed by atoms with Crippen molar-refractivity contribution in [3.05, 3.63) is 12.5 Å². The largest absolute Gasteiger partial charge is 0.339 e. The van der Waals surface area contributed by atoms with Crippen molar-refractivity contribution in [1.82, 2.24) is 13.9 Å². The van der Waals surface area contributed by atoms with Gasteiger partial charge in [-0.25, -0.2) is 13.4 Å². The van der Waals surface area contributed by atoms with Crippen LogP contribution in [0.15, 0.2) is 17.6 Å². The zero-order valence-corrected chi connectivity index (χ0v) is 11.6. The highest BCUT2D eigenvalue weighted by atomic mass is 32.2. The lowest BCUT2D eigenvalue weighted by Gasteiger charge is -2.38. The number of rotatable bonds is 3. The molecule has 0 saturated carbocycles. The van der Waals surface area contributed by atoms with E-state index in [1.165, 1.54) is 12.5 Å². The van der Waals surface area contributed by atoms with Gasteiger partial charge < -0.3 is 10.3 Å². The molecule has 2 atom stereocenters. The van der Waals surface area contributed by atoms with Crippen LogP contribution in [0.2, 0.25) is 0 Å². The molecular formula is C11H20N4O2S. The van der Waals surface area contributed by atoms with E-state index >= 15 is 0 Å². The zero-order chi connectivity index (χ0) is 13.3. The molecule has 102 valence electrons. The molecular weight excluding hydrogens is 252 g/mol. The summed E-state index contributed by atoms with van der Waals surface area (Å²) in [7, 11) is -1.77. The predicted octanol–water partition coefficient (Wildman–Crippen LogP) is 0.311. The van der Waals surface area contributed by atoms with Crippen molar-refractivity contribution in [3.63, 3.8) is 0 Å². The summed E-state index contributed by atoms with van der Waals surface area (Å²) in [5.41, 5.74) is 5.70. The van der Waals surface area contributed by atoms with Gasteiger partial charge >= 0.3 is 0 Å². The fourth-order valence-corrected chi connectivity index (χ4v) is 4.41. The second kappa shape index (κ2) is 4.99. The second-order valence-corrected chi connectivity index (χ2v) is 6.67. The molecule has 1 saturated heterocycles. The molecule has 0 bridgehead atoms. The molecule has 2 unspecified atom stereocenters. The number of hydrogen-bond donors (Lipinski definition) is 1. The van der Waals surface area contributed by atoms with Crippen LogP contribution < -0.4 is 5.73 Å². The fraction of sp³-hybridized carbons (Fsp3) is 0.727. The van der Waals surface area contributed by atoms with E-state index in [4.69, 9.17) is 5.73 Å². The van der Waals surface area contributed by atoms with Crippen LogP contribution in [0.4, 0.5) is 0 Å². The van der Waals surface area contributed by atoms with Gasteiger partial charge in [0.2, 0.25) is 0 Å². The molecule has 1 fully saturated rings. The van der Waals surface area contributed by atoms with Crippen molar-refractivity contribution < 1.29 is 8.42 Å². The van der Waals surface area contributed by atoms with E-state index in [2.05, 4.69) is 4.98 Å². The van der Waals surface area contributed by atoms with E-state index in [0.717, 1.165) is 19.3 Å². The number of nitrogens with zero attached hydrogens (tertiary/aromatic N) is 3. The van der Waals surface area contributed by atoms with Crippen LogP contribution in [0.1, 0.15) is 26.2 Å². The summed E-state index contributed by atoms with van der Waals surface area (Å²) in [5, 5.41) is 0.109. The number of hydrogen-bond acceptors (Lipinski definition) is 4. The van der Waals surface area contributed by atoms with Gasteiger partial charge in [0, 0.05) is 31.9 Å². The Morgan fingerprint density at radius 2 is 2.22 bits per heavy atom. The summed E-state index contributed by atoms with van der Waals surface area (Å²) < 4.78 is 28.3. The Bertz CT molecular complexity index is 511. The molecule has 0 amide bonds. The number of aryl methyl sites for hydroxylation is 1. The second-order valence-electron chi connectivity index (χ2n) is 4.88. The number of sulfonamides is 1. The van der Waals surface area contributed by atoms with Crippen LogP contribution in [0.25, 0.3) is 0 Å². The van der Waals surface area contributed by atoms with Gasteiger partial charge in [-0.05, 0) is 19.8 Å². The smallest absolute Gasteiger partial charge is 0.262 e. The average Bonchev–Trinajstić information content (AvgIpc) is 2.75. The summed E-state index contributed by atoms with van der Waals surface area (Å²) in [4.78, 5) is 3.96. The van der Waals surface area contributed by atoms with E-state index in [0.29, 0.717) is 6.54 Å². The van der Waals surface area contributed by atoms with Crippen molar-refractivity contribution in [2.24, 2.45) is 12.8 Å². The van der Waals surface area contributed by atoms with E-state index in [1.807, 2.05) is 6.92 Å². The Hall–Kier alpha value is -0.920. The summed E-state index contributed by atoms with van der Waals surface area (Å²) in [5.74, 6) is 0. The van der Waals surface area contributed by atoms with Gasteiger partial charge in [0.25, 0.3) is 10.0 Å². The third kappa shape index (κ3) is 2.30. The highest BCUT2D eigenvalue weighted by Crippen LogP contribution is 2.28. The van der Waals surface area contributed by atoms with Crippen LogP contribution in [0.5, 0.6) is 0 Å². The Kier molecular flexibility index (Phi) is 3.74. The molecule has 1 aromatic rings. The van der Waals surface area contributed by atoms with Crippen LogP contribution >= 0.6 is 0 Å². The van der Waals surface area contributed by atoms with Crippen LogP contribution in [-0.2, 0) is 17.1 Å². The van der Waals surface area contributed by atoms with Gasteiger partial charge in [-0.15, -0.1) is 0 Å². The highest BCUT2D eigenvalue weighted by Gasteiger charge is 2.38. The van der Waals surface area contributed by atoms with E-state index in [1.54, 1.807) is 15.9 Å². The maximum Gasteiger partial charge on any atom is 0.262 e. The molecule has 0 spiro atoms. The molecule has 2 N–H and O–H groups in total. The molecule has 7 heteroatoms. The zero-order valence-electron chi connectivity index (χ0n) is 10.8. The summed E-state index contributed by atoms with van der Waals surface area (Å²) in [6.07, 6.45) is 5.76. The van der Waals surface area contributed by atoms with E-state index in [-0.39, 0.29) is 17.1 Å². The molecule has 2 heterocycles. The molecule has 0 aromatic carbocycles. The minimum atomic E-state index is -3.53. The molecule has 0 radical (unpaired) electrons. The first-order valence-corrected chi connectivity index (χ1v) is 7.62. The van der Waals surface area contributed by atoms with Gasteiger partial charge in [0.15, 0.2) is 5.03 Å². The van der Waals surface area contributed by atoms with Crippen LogP contribution in [0, 0.1) is 0 Å². The van der Waals surface area contributed by atoms with Crippen LogP contribution in [-0.4, -0.2) is 40.9 Å². The molecule has 1 aromatic heterocycles. The van der Waals surface area contributed by atoms with E-state index < -0.39 is 10.0 Å². The predicted molar refractivity (Wildman–Crippen MR) is 68.4 cm³/mol. The topological polar surface area (TPSA) is 81.2 Å². The molecule has 1 aliphatic rings. The maximum absolute atomic E-state index is 12.6. The monoisotopic (exact) mass is 272 g/mol. The molecule has 1 aliphatic heterocycles. The lowest BCUT2D eigenvalue weighted by molar-refractivity contribution is 0.195. The van der Waals surface area contributed by atoms with Crippen molar-refractivity contribution in [3.8, 4) is 0 Å². The van der Waals surface area contributed by atoms with E-state index in [9.17, 15) is 8.42 Å². The molecule has 2 rings (SSSR count). The first-order chi connectivity index (χ1) is 8.46. The van der Waals surface area contributed by atoms with Crippen LogP contribution in [0.3, 0.4) is 0 Å². The molecule has 18 heavy (non-hydrogen) atoms. The number of nitrogens with two attached hydrogens (primary N) is 1. The minimum absolute atomic E-state index is 0.0145. The Morgan fingerprint density at radius 1 is 1.50 bits per heavy atom. The quantitative estimate of drug-likeness (QED) is 0.858. The van der Waals surface area contributed by atoms with Crippen molar-refractivity contribution in [1.29, 1.82) is 0 Å². The summed E-state index contributed by atoms with van der Waals surface area (Å²) >= 11 is 0. The first-order valence-electron chi connectivity index (χ1n) is 6.18. The SMILES string of the molecule is CC1CCCC(CN)N1S(=O)(=O)c1cn(C)cn1. The lowest BCUT2D eigenvalue weighted by Crippen LogP contribution is -2.51. The van der Waals surface area contributed by atoms with Gasteiger partial charge in [0.05, 0.1) is 6.33 Å². The summed E-state index contributed by atoms with van der Waals surface area (Å²) in [6, 6.07) is -0.125. The van der Waals surface area contributed by atoms with Crippen molar-refractivity contribution >= 4 is 10.0 Å². The Morgan fingerprint density at radius 3 is 2.78 bits per heavy atom. The maximum atomic E-state index is 12.6. The Balaban J connectivity index is 2.38. The van der Waals surface area contributed by atoms with Crippen molar-refractivity contribution in [2.45, 2.75) is 43.3 Å².